The summed E-state index contributed by atoms with van der Waals surface area (Å²) in [5, 5.41) is 3.96. The third-order valence-electron chi connectivity index (χ3n) is 3.21. The molecule has 2 aromatic heterocycles. The number of rotatable bonds is 4. The van der Waals surface area contributed by atoms with Gasteiger partial charge in [0.2, 0.25) is 0 Å². The Balaban J connectivity index is 1.64. The molecule has 1 aromatic carbocycles. The van der Waals surface area contributed by atoms with Gasteiger partial charge in [-0.05, 0) is 24.3 Å². The Hall–Kier alpha value is -2.89. The Morgan fingerprint density at radius 3 is 3.00 bits per heavy atom. The molecule has 0 saturated carbocycles. The maximum Gasteiger partial charge on any atom is 0.260 e. The van der Waals surface area contributed by atoms with Crippen LogP contribution in [0.25, 0.3) is 11.0 Å². The molecular formula is C15H15N5O. The van der Waals surface area contributed by atoms with E-state index in [4.69, 9.17) is 0 Å². The number of hydrazone groups is 1. The van der Waals surface area contributed by atoms with Crippen LogP contribution in [-0.2, 0) is 18.4 Å². The Kier molecular flexibility index (Phi) is 3.51. The van der Waals surface area contributed by atoms with Crippen LogP contribution < -0.4 is 5.43 Å². The highest BCUT2D eigenvalue weighted by molar-refractivity contribution is 5.82. The predicted molar refractivity (Wildman–Crippen MR) is 80.9 cm³/mol. The number of para-hydroxylation sites is 2. The molecule has 0 saturated heterocycles. The molecule has 0 spiro atoms. The number of aryl methyl sites for hydroxylation is 1. The summed E-state index contributed by atoms with van der Waals surface area (Å²) in [4.78, 5) is 16.1. The molecule has 3 rings (SSSR count). The largest absolute Gasteiger partial charge is 0.350 e. The standard InChI is InChI=1S/C15H15N5O/c1-19-8-4-5-12(19)9-17-18-15(21)10-20-11-16-13-6-2-3-7-14(13)20/h2-9,11H,10H2,1H3,(H,18,21)/b17-9-. The van der Waals surface area contributed by atoms with Gasteiger partial charge in [0.1, 0.15) is 6.54 Å². The van der Waals surface area contributed by atoms with Crippen LogP contribution in [0.5, 0.6) is 0 Å². The van der Waals surface area contributed by atoms with E-state index in [-0.39, 0.29) is 12.5 Å². The molecule has 3 aromatic rings. The van der Waals surface area contributed by atoms with Gasteiger partial charge in [0.25, 0.3) is 5.91 Å². The minimum absolute atomic E-state index is 0.186. The second-order valence-corrected chi connectivity index (χ2v) is 4.70. The van der Waals surface area contributed by atoms with Gasteiger partial charge in [-0.3, -0.25) is 4.79 Å². The predicted octanol–water partition coefficient (Wildman–Crippen LogP) is 1.53. The van der Waals surface area contributed by atoms with E-state index in [0.717, 1.165) is 16.7 Å². The van der Waals surface area contributed by atoms with Gasteiger partial charge in [-0.1, -0.05) is 12.1 Å². The van der Waals surface area contributed by atoms with Crippen molar-refractivity contribution in [3.63, 3.8) is 0 Å². The fourth-order valence-electron chi connectivity index (χ4n) is 2.11. The Morgan fingerprint density at radius 1 is 1.33 bits per heavy atom. The zero-order chi connectivity index (χ0) is 14.7. The molecule has 6 heteroatoms. The molecule has 0 atom stereocenters. The molecule has 2 heterocycles. The molecule has 0 radical (unpaired) electrons. The summed E-state index contributed by atoms with van der Waals surface area (Å²) in [6, 6.07) is 11.5. The summed E-state index contributed by atoms with van der Waals surface area (Å²) >= 11 is 0. The smallest absolute Gasteiger partial charge is 0.260 e. The van der Waals surface area contributed by atoms with Crippen molar-refractivity contribution >= 4 is 23.2 Å². The molecule has 0 unspecified atom stereocenters. The fourth-order valence-corrected chi connectivity index (χ4v) is 2.11. The number of fused-ring (bicyclic) bond motifs is 1. The lowest BCUT2D eigenvalue weighted by Gasteiger charge is -2.02. The minimum atomic E-state index is -0.191. The maximum absolute atomic E-state index is 11.9. The first-order valence-electron chi connectivity index (χ1n) is 6.57. The normalized spacial score (nSPS) is 11.3. The van der Waals surface area contributed by atoms with E-state index < -0.39 is 0 Å². The summed E-state index contributed by atoms with van der Waals surface area (Å²) in [5.74, 6) is -0.191. The molecule has 106 valence electrons. The van der Waals surface area contributed by atoms with Crippen LogP contribution in [0.3, 0.4) is 0 Å². The van der Waals surface area contributed by atoms with Crippen LogP contribution in [0.15, 0.2) is 54.0 Å². The summed E-state index contributed by atoms with van der Waals surface area (Å²) in [5.41, 5.74) is 5.24. The zero-order valence-electron chi connectivity index (χ0n) is 11.6. The molecular weight excluding hydrogens is 266 g/mol. The Labute approximate surface area is 121 Å². The van der Waals surface area contributed by atoms with Gasteiger partial charge in [-0.15, -0.1) is 0 Å². The number of imidazole rings is 1. The maximum atomic E-state index is 11.9. The SMILES string of the molecule is Cn1cccc1/C=N\NC(=O)Cn1cnc2ccccc21. The Bertz CT molecular complexity index is 799. The first-order chi connectivity index (χ1) is 10.2. The average molecular weight is 281 g/mol. The topological polar surface area (TPSA) is 64.2 Å². The highest BCUT2D eigenvalue weighted by Gasteiger charge is 2.05. The highest BCUT2D eigenvalue weighted by atomic mass is 16.2. The highest BCUT2D eigenvalue weighted by Crippen LogP contribution is 2.11. The van der Waals surface area contributed by atoms with E-state index in [1.165, 1.54) is 0 Å². The first-order valence-corrected chi connectivity index (χ1v) is 6.57. The number of nitrogens with one attached hydrogen (secondary N) is 1. The van der Waals surface area contributed by atoms with Crippen molar-refractivity contribution in [2.45, 2.75) is 6.54 Å². The van der Waals surface area contributed by atoms with E-state index in [1.54, 1.807) is 17.1 Å². The van der Waals surface area contributed by atoms with Crippen LogP contribution in [-0.4, -0.2) is 26.2 Å². The van der Waals surface area contributed by atoms with E-state index in [2.05, 4.69) is 15.5 Å². The summed E-state index contributed by atoms with van der Waals surface area (Å²) in [6.45, 7) is 0.186. The van der Waals surface area contributed by atoms with E-state index in [0.29, 0.717) is 0 Å². The molecule has 0 aliphatic rings. The summed E-state index contributed by atoms with van der Waals surface area (Å²) < 4.78 is 3.71. The number of hydrogen-bond acceptors (Lipinski definition) is 3. The van der Waals surface area contributed by atoms with Gasteiger partial charge in [0.05, 0.1) is 29.3 Å². The van der Waals surface area contributed by atoms with Gasteiger partial charge in [0, 0.05) is 13.2 Å². The third-order valence-corrected chi connectivity index (χ3v) is 3.21. The van der Waals surface area contributed by atoms with Crippen LogP contribution in [0.2, 0.25) is 0 Å². The lowest BCUT2D eigenvalue weighted by atomic mass is 10.3. The van der Waals surface area contributed by atoms with Gasteiger partial charge in [0.15, 0.2) is 0 Å². The zero-order valence-corrected chi connectivity index (χ0v) is 11.6. The summed E-state index contributed by atoms with van der Waals surface area (Å²) in [6.07, 6.45) is 5.19. The lowest BCUT2D eigenvalue weighted by Crippen LogP contribution is -2.22. The monoisotopic (exact) mass is 281 g/mol. The number of carbonyl (C=O) groups is 1. The minimum Gasteiger partial charge on any atom is -0.350 e. The molecule has 0 aliphatic heterocycles. The van der Waals surface area contributed by atoms with Crippen molar-refractivity contribution in [3.8, 4) is 0 Å². The molecule has 0 fully saturated rings. The number of nitrogens with zero attached hydrogens (tertiary/aromatic N) is 4. The van der Waals surface area contributed by atoms with Crippen molar-refractivity contribution in [2.75, 3.05) is 0 Å². The average Bonchev–Trinajstić information content (AvgIpc) is 3.07. The van der Waals surface area contributed by atoms with Crippen LogP contribution in [0, 0.1) is 0 Å². The van der Waals surface area contributed by atoms with Crippen LogP contribution in [0.4, 0.5) is 0 Å². The number of carbonyl (C=O) groups excluding carboxylic acids is 1. The molecule has 1 amide bonds. The molecule has 0 bridgehead atoms. The quantitative estimate of drug-likeness (QED) is 0.582. The van der Waals surface area contributed by atoms with E-state index >= 15 is 0 Å². The van der Waals surface area contributed by atoms with Gasteiger partial charge in [-0.2, -0.15) is 5.10 Å². The first kappa shape index (κ1) is 13.1. The van der Waals surface area contributed by atoms with Crippen molar-refractivity contribution in [3.05, 3.63) is 54.6 Å². The van der Waals surface area contributed by atoms with Crippen molar-refractivity contribution in [1.82, 2.24) is 19.5 Å². The lowest BCUT2D eigenvalue weighted by molar-refractivity contribution is -0.121. The van der Waals surface area contributed by atoms with E-state index in [9.17, 15) is 4.79 Å². The van der Waals surface area contributed by atoms with Gasteiger partial charge >= 0.3 is 0 Å². The molecule has 21 heavy (non-hydrogen) atoms. The third kappa shape index (κ3) is 2.84. The Morgan fingerprint density at radius 2 is 2.19 bits per heavy atom. The second-order valence-electron chi connectivity index (χ2n) is 4.70. The van der Waals surface area contributed by atoms with Crippen molar-refractivity contribution in [1.29, 1.82) is 0 Å². The van der Waals surface area contributed by atoms with Crippen molar-refractivity contribution < 1.29 is 4.79 Å². The van der Waals surface area contributed by atoms with Crippen LogP contribution in [0.1, 0.15) is 5.69 Å². The number of hydrogen-bond donors (Lipinski definition) is 1. The number of amides is 1. The molecule has 6 nitrogen and oxygen atoms in total. The second kappa shape index (κ2) is 5.62. The number of aromatic nitrogens is 3. The molecule has 0 aliphatic carbocycles. The van der Waals surface area contributed by atoms with E-state index in [1.807, 2.05) is 54.2 Å². The summed E-state index contributed by atoms with van der Waals surface area (Å²) in [7, 11) is 1.92. The number of benzene rings is 1. The molecule has 1 N–H and O–H groups in total. The van der Waals surface area contributed by atoms with Crippen LogP contribution >= 0.6 is 0 Å². The van der Waals surface area contributed by atoms with Gasteiger partial charge < -0.3 is 9.13 Å². The van der Waals surface area contributed by atoms with Gasteiger partial charge in [-0.25, -0.2) is 10.4 Å². The van der Waals surface area contributed by atoms with Crippen molar-refractivity contribution in [2.24, 2.45) is 12.1 Å². The fraction of sp³-hybridized carbons (Fsp3) is 0.133.